The molecule has 10 heteroatoms. The molecular weight excluding hydrogens is 213 g/mol. The van der Waals surface area contributed by atoms with Crippen molar-refractivity contribution in [2.24, 2.45) is 0 Å². The van der Waals surface area contributed by atoms with Crippen LogP contribution in [0.2, 0.25) is 0 Å². The van der Waals surface area contributed by atoms with Gasteiger partial charge in [0.1, 0.15) is 0 Å². The molecule has 42 valence electrons. The van der Waals surface area contributed by atoms with Gasteiger partial charge >= 0.3 is 156 Å². The Morgan fingerprint density at radius 1 is 1.00 bits per heavy atom. The van der Waals surface area contributed by atoms with Crippen molar-refractivity contribution in [1.82, 2.24) is 0 Å². The molecule has 0 atom stereocenters. The van der Waals surface area contributed by atoms with Crippen LogP contribution in [0.15, 0.2) is 0 Å². The summed E-state index contributed by atoms with van der Waals surface area (Å²) in [7, 11) is -5.14. The van der Waals surface area contributed by atoms with E-state index >= 15 is 0 Å². The van der Waals surface area contributed by atoms with Crippen LogP contribution < -0.4 is 148 Å². The molecule has 0 aromatic heterocycles. The topological polar surface area (TPSA) is 57.5 Å². The first-order chi connectivity index (χ1) is 2.00. The van der Waals surface area contributed by atoms with Crippen LogP contribution in [-0.2, 0) is 4.57 Å². The number of hydrogen-bond donors (Lipinski definition) is 2. The molecule has 0 saturated carbocycles. The van der Waals surface area contributed by atoms with Crippen LogP contribution in [0.1, 0.15) is 7.13 Å². The van der Waals surface area contributed by atoms with Crippen molar-refractivity contribution in [3.8, 4) is 0 Å². The van der Waals surface area contributed by atoms with Gasteiger partial charge < -0.3 is 7.13 Å². The number of halogens is 1. The Bertz CT molecular complexity index is 76.8. The zero-order chi connectivity index (χ0) is 4.50. The maximum atomic E-state index is 10.4. The van der Waals surface area contributed by atoms with Crippen LogP contribution in [0.4, 0.5) is 4.20 Å². The van der Waals surface area contributed by atoms with Gasteiger partial charge in [-0.2, -0.15) is 0 Å². The molecule has 0 fully saturated rings. The molecule has 3 nitrogen and oxygen atoms in total. The molecule has 0 amide bonds. The Morgan fingerprint density at radius 2 is 1.00 bits per heavy atom. The van der Waals surface area contributed by atoms with E-state index < -0.39 is 7.91 Å². The summed E-state index contributed by atoms with van der Waals surface area (Å²) in [5.41, 5.74) is 0. The quantitative estimate of drug-likeness (QED) is 0.315. The molecule has 0 radical (unpaired) electrons. The molecule has 0 aromatic carbocycles. The summed E-state index contributed by atoms with van der Waals surface area (Å²) < 4.78 is 19.0. The molecule has 0 aliphatic heterocycles. The van der Waals surface area contributed by atoms with Crippen LogP contribution in [0.5, 0.6) is 0 Å². The van der Waals surface area contributed by atoms with Gasteiger partial charge in [-0.3, -0.25) is 9.79 Å². The Hall–Kier alpha value is 5.08. The van der Waals surface area contributed by atoms with E-state index in [1.54, 1.807) is 0 Å². The molecule has 0 rings (SSSR count). The van der Waals surface area contributed by atoms with Gasteiger partial charge in [0.05, 0.1) is 0 Å². The minimum Gasteiger partial charge on any atom is -1.00 e. The third-order valence-electron chi connectivity index (χ3n) is 0. The van der Waals surface area contributed by atoms with E-state index in [0.717, 1.165) is 0 Å². The van der Waals surface area contributed by atoms with Gasteiger partial charge in [-0.25, -0.2) is 4.57 Å². The van der Waals surface area contributed by atoms with Gasteiger partial charge in [-0.15, -0.1) is 4.20 Å². The van der Waals surface area contributed by atoms with Gasteiger partial charge in [-0.1, -0.05) is 0 Å². The summed E-state index contributed by atoms with van der Waals surface area (Å²) in [5, 5.41) is 0. The van der Waals surface area contributed by atoms with Crippen molar-refractivity contribution >= 4 is 7.91 Å². The largest absolute Gasteiger partial charge is 1.00 e. The molecule has 0 aliphatic carbocycles. The van der Waals surface area contributed by atoms with E-state index in [9.17, 15) is 4.20 Å². The Kier molecular flexibility index (Phi) is 71.1. The van der Waals surface area contributed by atoms with Gasteiger partial charge in [0.15, 0.2) is 0 Å². The van der Waals surface area contributed by atoms with Gasteiger partial charge in [0.2, 0.25) is 0 Å². The van der Waals surface area contributed by atoms with Crippen molar-refractivity contribution in [3.05, 3.63) is 0 Å². The van der Waals surface area contributed by atoms with Crippen molar-refractivity contribution < 1.29 is 173 Å². The molecule has 0 aliphatic rings. The standard InChI is InChI=1S/FH2O3P.5Na.5H/c1-5(2,3)4;;;;;;;;;;/h(H2,2,3,4);;;;;;;;;;/q;5*+1;5*-1. The smallest absolute Gasteiger partial charge is 1.00 e. The van der Waals surface area contributed by atoms with Crippen LogP contribution in [0, 0.1) is 0 Å². The second-order valence-electron chi connectivity index (χ2n) is 0.473. The van der Waals surface area contributed by atoms with Crippen LogP contribution in [0.3, 0.4) is 0 Å². The Morgan fingerprint density at radius 3 is 1.00 bits per heavy atom. The van der Waals surface area contributed by atoms with E-state index in [2.05, 4.69) is 0 Å². The molecule has 10 heavy (non-hydrogen) atoms. The fourth-order valence-electron chi connectivity index (χ4n) is 0. The fourth-order valence-corrected chi connectivity index (χ4v) is 0. The molecule has 2 N–H and O–H groups in total. The number of hydrogen-bond acceptors (Lipinski definition) is 1. The van der Waals surface area contributed by atoms with E-state index in [1.165, 1.54) is 0 Å². The van der Waals surface area contributed by atoms with Crippen LogP contribution in [0.25, 0.3) is 0 Å². The molecule has 0 aromatic rings. The van der Waals surface area contributed by atoms with Gasteiger partial charge in [0.25, 0.3) is 0 Å². The van der Waals surface area contributed by atoms with Gasteiger partial charge in [-0.05, 0) is 0 Å². The summed E-state index contributed by atoms with van der Waals surface area (Å²) >= 11 is 0. The summed E-state index contributed by atoms with van der Waals surface area (Å²) in [4.78, 5) is 13.9. The van der Waals surface area contributed by atoms with Crippen LogP contribution in [-0.4, -0.2) is 9.79 Å². The van der Waals surface area contributed by atoms with Crippen molar-refractivity contribution in [2.75, 3.05) is 0 Å². The first-order valence-corrected chi connectivity index (χ1v) is 2.25. The third kappa shape index (κ3) is 74.0. The maximum Gasteiger partial charge on any atom is 1.00 e. The maximum absolute atomic E-state index is 10.4. The third-order valence-corrected chi connectivity index (χ3v) is 0. The Balaban J connectivity index is -0.00000000178. The summed E-state index contributed by atoms with van der Waals surface area (Å²) in [6.07, 6.45) is 0. The monoisotopic (exact) mass is 220 g/mol. The molecule has 0 unspecified atom stereocenters. The molecule has 0 bridgehead atoms. The predicted octanol–water partition coefficient (Wildman–Crippen LogP) is -14.4. The zero-order valence-electron chi connectivity index (χ0n) is 12.1. The average Bonchev–Trinajstić information content (AvgIpc) is 0.722. The van der Waals surface area contributed by atoms with E-state index in [1.807, 2.05) is 0 Å². The van der Waals surface area contributed by atoms with Crippen molar-refractivity contribution in [1.29, 1.82) is 0 Å². The average molecular weight is 220 g/mol. The van der Waals surface area contributed by atoms with Crippen LogP contribution >= 0.6 is 7.91 Å². The van der Waals surface area contributed by atoms with E-state index in [0.29, 0.717) is 0 Å². The first-order valence-electron chi connectivity index (χ1n) is 0.752. The second kappa shape index (κ2) is 19.6. The summed E-state index contributed by atoms with van der Waals surface area (Å²) in [5.74, 6) is 0. The molecule has 0 heterocycles. The summed E-state index contributed by atoms with van der Waals surface area (Å²) in [6, 6.07) is 0. The number of rotatable bonds is 0. The minimum absolute atomic E-state index is 0. The Labute approximate surface area is 177 Å². The summed E-state index contributed by atoms with van der Waals surface area (Å²) in [6.45, 7) is 0. The van der Waals surface area contributed by atoms with Crippen molar-refractivity contribution in [3.63, 3.8) is 0 Å². The SMILES string of the molecule is O=P(O)(O)F.[H-].[H-].[H-].[H-].[H-].[Na+].[Na+].[Na+].[Na+].[Na+]. The van der Waals surface area contributed by atoms with Crippen molar-refractivity contribution in [2.45, 2.75) is 0 Å². The molecule has 0 spiro atoms. The van der Waals surface area contributed by atoms with E-state index in [-0.39, 0.29) is 155 Å². The molecule has 0 saturated heterocycles. The normalized spacial score (nSPS) is 5.90. The fraction of sp³-hybridized carbons (Fsp3) is 0. The zero-order valence-corrected chi connectivity index (χ0v) is 18.0. The minimum atomic E-state index is -5.14. The predicted molar refractivity (Wildman–Crippen MR) is 18.7 cm³/mol. The first kappa shape index (κ1) is 36.3. The van der Waals surface area contributed by atoms with E-state index in [4.69, 9.17) is 14.4 Å². The second-order valence-corrected chi connectivity index (χ2v) is 1.42. The van der Waals surface area contributed by atoms with Gasteiger partial charge in [0, 0.05) is 0 Å². The molecular formula is H7FNa5O3P.